The highest BCUT2D eigenvalue weighted by atomic mass is 19.4. The quantitative estimate of drug-likeness (QED) is 0.786. The zero-order valence-corrected chi connectivity index (χ0v) is 15.2. The van der Waals surface area contributed by atoms with Crippen molar-refractivity contribution in [3.63, 3.8) is 0 Å². The third-order valence-corrected chi connectivity index (χ3v) is 4.53. The van der Waals surface area contributed by atoms with E-state index in [1.807, 2.05) is 0 Å². The molecule has 0 aliphatic heterocycles. The first kappa shape index (κ1) is 20.9. The number of amides is 2. The molecule has 0 radical (unpaired) electrons. The van der Waals surface area contributed by atoms with Crippen LogP contribution in [-0.4, -0.2) is 44.8 Å². The summed E-state index contributed by atoms with van der Waals surface area (Å²) in [6.45, 7) is -0.328. The maximum Gasteiger partial charge on any atom is 0.391 e. The van der Waals surface area contributed by atoms with Gasteiger partial charge in [0.05, 0.1) is 26.7 Å². The molecule has 1 fully saturated rings. The monoisotopic (exact) mass is 388 g/mol. The van der Waals surface area contributed by atoms with Crippen LogP contribution >= 0.6 is 0 Å². The van der Waals surface area contributed by atoms with Gasteiger partial charge in [0, 0.05) is 17.7 Å². The zero-order valence-electron chi connectivity index (χ0n) is 15.2. The summed E-state index contributed by atoms with van der Waals surface area (Å²) in [5, 5.41) is 5.02. The van der Waals surface area contributed by atoms with Crippen LogP contribution in [0, 0.1) is 5.92 Å². The Kier molecular flexibility index (Phi) is 6.92. The summed E-state index contributed by atoms with van der Waals surface area (Å²) in [4.78, 5) is 24.2. The molecule has 0 bridgehead atoms. The molecule has 2 N–H and O–H groups in total. The van der Waals surface area contributed by atoms with Crippen LogP contribution in [0.5, 0.6) is 11.5 Å². The Morgan fingerprint density at radius 3 is 2.30 bits per heavy atom. The number of halogens is 3. The predicted molar refractivity (Wildman–Crippen MR) is 91.8 cm³/mol. The molecule has 6 nitrogen and oxygen atoms in total. The maximum atomic E-state index is 12.8. The number of carbonyl (C=O) groups excluding carboxylic acids is 2. The molecule has 1 aliphatic carbocycles. The number of benzene rings is 1. The molecule has 2 unspecified atom stereocenters. The summed E-state index contributed by atoms with van der Waals surface area (Å²) in [5.41, 5.74) is 0.244. The zero-order chi connectivity index (χ0) is 20.0. The van der Waals surface area contributed by atoms with Gasteiger partial charge >= 0.3 is 6.18 Å². The Morgan fingerprint density at radius 2 is 1.74 bits per heavy atom. The molecule has 2 amide bonds. The van der Waals surface area contributed by atoms with Crippen molar-refractivity contribution in [3.8, 4) is 11.5 Å². The van der Waals surface area contributed by atoms with Gasteiger partial charge in [-0.05, 0) is 31.4 Å². The van der Waals surface area contributed by atoms with Crippen LogP contribution in [0.4, 0.5) is 13.2 Å². The van der Waals surface area contributed by atoms with Crippen LogP contribution in [0.15, 0.2) is 18.2 Å². The first-order valence-electron chi connectivity index (χ1n) is 8.60. The number of rotatable bonds is 6. The lowest BCUT2D eigenvalue weighted by atomic mass is 9.85. The van der Waals surface area contributed by atoms with E-state index in [4.69, 9.17) is 9.47 Å². The minimum Gasteiger partial charge on any atom is -0.497 e. The van der Waals surface area contributed by atoms with E-state index in [9.17, 15) is 22.8 Å². The number of hydrogen-bond donors (Lipinski definition) is 2. The minimum atomic E-state index is -4.25. The van der Waals surface area contributed by atoms with Crippen LogP contribution in [0.3, 0.4) is 0 Å². The number of nitrogens with one attached hydrogen (secondary N) is 2. The Hall–Kier alpha value is -2.45. The summed E-state index contributed by atoms with van der Waals surface area (Å²) in [5.74, 6) is -1.59. The van der Waals surface area contributed by atoms with Gasteiger partial charge in [0.1, 0.15) is 11.5 Å². The fourth-order valence-corrected chi connectivity index (χ4v) is 3.10. The van der Waals surface area contributed by atoms with Gasteiger partial charge in [-0.2, -0.15) is 13.2 Å². The van der Waals surface area contributed by atoms with Gasteiger partial charge in [-0.15, -0.1) is 0 Å². The molecule has 9 heteroatoms. The minimum absolute atomic E-state index is 0.0876. The van der Waals surface area contributed by atoms with Gasteiger partial charge in [0.25, 0.3) is 5.91 Å². The van der Waals surface area contributed by atoms with Crippen LogP contribution in [0.25, 0.3) is 0 Å². The molecule has 150 valence electrons. The van der Waals surface area contributed by atoms with E-state index >= 15 is 0 Å². The molecular formula is C18H23F3N2O4. The maximum absolute atomic E-state index is 12.8. The number of carbonyl (C=O) groups is 2. The molecule has 0 saturated heterocycles. The first-order chi connectivity index (χ1) is 12.7. The lowest BCUT2D eigenvalue weighted by Gasteiger charge is -2.31. The second-order valence-electron chi connectivity index (χ2n) is 6.45. The van der Waals surface area contributed by atoms with E-state index in [0.29, 0.717) is 24.3 Å². The Morgan fingerprint density at radius 1 is 1.11 bits per heavy atom. The number of ether oxygens (including phenoxy) is 2. The van der Waals surface area contributed by atoms with Gasteiger partial charge in [-0.3, -0.25) is 9.59 Å². The van der Waals surface area contributed by atoms with E-state index in [1.54, 1.807) is 6.07 Å². The Balaban J connectivity index is 1.87. The van der Waals surface area contributed by atoms with Crippen molar-refractivity contribution in [3.05, 3.63) is 23.8 Å². The largest absolute Gasteiger partial charge is 0.497 e. The smallest absolute Gasteiger partial charge is 0.391 e. The van der Waals surface area contributed by atoms with Gasteiger partial charge in [0.2, 0.25) is 5.91 Å². The standard InChI is InChI=1S/C18H23F3N2O4/c1-26-14-6-11(7-15(9-14)27-2)17(25)22-10-16(24)23-13-5-3-4-12(8-13)18(19,20)21/h6-7,9,12-13H,3-5,8,10H2,1-2H3,(H,22,25)(H,23,24). The molecular weight excluding hydrogens is 365 g/mol. The highest BCUT2D eigenvalue weighted by Gasteiger charge is 2.42. The number of methoxy groups -OCH3 is 2. The Bertz CT molecular complexity index is 657. The first-order valence-corrected chi connectivity index (χ1v) is 8.60. The average Bonchev–Trinajstić information content (AvgIpc) is 2.65. The van der Waals surface area contributed by atoms with E-state index < -0.39 is 30.0 Å². The number of alkyl halides is 3. The van der Waals surface area contributed by atoms with Gasteiger partial charge in [0.15, 0.2) is 0 Å². The second kappa shape index (κ2) is 8.96. The van der Waals surface area contributed by atoms with Crippen molar-refractivity contribution in [2.75, 3.05) is 20.8 Å². The summed E-state index contributed by atoms with van der Waals surface area (Å²) >= 11 is 0. The third-order valence-electron chi connectivity index (χ3n) is 4.53. The third kappa shape index (κ3) is 6.04. The van der Waals surface area contributed by atoms with Crippen molar-refractivity contribution in [2.24, 2.45) is 5.92 Å². The molecule has 2 rings (SSSR count). The van der Waals surface area contributed by atoms with Crippen LogP contribution < -0.4 is 20.1 Å². The summed E-state index contributed by atoms with van der Waals surface area (Å²) < 4.78 is 48.6. The van der Waals surface area contributed by atoms with Crippen molar-refractivity contribution >= 4 is 11.8 Å². The normalized spacial score (nSPS) is 19.9. The highest BCUT2D eigenvalue weighted by molar-refractivity contribution is 5.97. The molecule has 2 atom stereocenters. The Labute approximate surface area is 155 Å². The fourth-order valence-electron chi connectivity index (χ4n) is 3.10. The van der Waals surface area contributed by atoms with E-state index in [1.165, 1.54) is 26.4 Å². The fraction of sp³-hybridized carbons (Fsp3) is 0.556. The SMILES string of the molecule is COc1cc(OC)cc(C(=O)NCC(=O)NC2CCCC(C(F)(F)F)C2)c1. The van der Waals surface area contributed by atoms with Crippen LogP contribution in [0.1, 0.15) is 36.0 Å². The van der Waals surface area contributed by atoms with Crippen molar-refractivity contribution in [1.29, 1.82) is 0 Å². The molecule has 1 aromatic carbocycles. The highest BCUT2D eigenvalue weighted by Crippen LogP contribution is 2.37. The number of hydrogen-bond acceptors (Lipinski definition) is 4. The van der Waals surface area contributed by atoms with E-state index in [2.05, 4.69) is 10.6 Å². The van der Waals surface area contributed by atoms with Gasteiger partial charge < -0.3 is 20.1 Å². The predicted octanol–water partition coefficient (Wildman–Crippen LogP) is 2.67. The summed E-state index contributed by atoms with van der Waals surface area (Å²) in [7, 11) is 2.89. The van der Waals surface area contributed by atoms with Crippen molar-refractivity contribution in [1.82, 2.24) is 10.6 Å². The molecule has 1 aliphatic rings. The van der Waals surface area contributed by atoms with E-state index in [-0.39, 0.29) is 24.9 Å². The molecule has 0 heterocycles. The van der Waals surface area contributed by atoms with E-state index in [0.717, 1.165) is 0 Å². The van der Waals surface area contributed by atoms with Gasteiger partial charge in [-0.25, -0.2) is 0 Å². The molecule has 27 heavy (non-hydrogen) atoms. The van der Waals surface area contributed by atoms with Crippen LogP contribution in [0.2, 0.25) is 0 Å². The second-order valence-corrected chi connectivity index (χ2v) is 6.45. The molecule has 1 saturated carbocycles. The average molecular weight is 388 g/mol. The molecule has 0 spiro atoms. The van der Waals surface area contributed by atoms with Crippen LogP contribution in [-0.2, 0) is 4.79 Å². The molecule has 1 aromatic rings. The lowest BCUT2D eigenvalue weighted by molar-refractivity contribution is -0.184. The summed E-state index contributed by atoms with van der Waals surface area (Å²) in [6, 6.07) is 4.05. The molecule has 0 aromatic heterocycles. The van der Waals surface area contributed by atoms with Gasteiger partial charge in [-0.1, -0.05) is 6.42 Å². The summed E-state index contributed by atoms with van der Waals surface area (Å²) in [6.07, 6.45) is -3.38. The topological polar surface area (TPSA) is 76.7 Å². The van der Waals surface area contributed by atoms with Crippen molar-refractivity contribution < 1.29 is 32.2 Å². The lowest BCUT2D eigenvalue weighted by Crippen LogP contribution is -2.45. The van der Waals surface area contributed by atoms with Crippen molar-refractivity contribution in [2.45, 2.75) is 37.9 Å².